The third-order valence-electron chi connectivity index (χ3n) is 5.04. The third kappa shape index (κ3) is 5.36. The Morgan fingerprint density at radius 2 is 2.00 bits per heavy atom. The molecule has 3 rings (SSSR count). The first kappa shape index (κ1) is 22.7. The minimum atomic E-state index is -0.260. The van der Waals surface area contributed by atoms with Crippen molar-refractivity contribution >= 4 is 56.6 Å². The van der Waals surface area contributed by atoms with Crippen molar-refractivity contribution in [2.75, 3.05) is 36.4 Å². The van der Waals surface area contributed by atoms with Crippen molar-refractivity contribution < 1.29 is 4.79 Å². The number of benzene rings is 2. The lowest BCUT2D eigenvalue weighted by molar-refractivity contribution is -0.114. The molecule has 0 aliphatic heterocycles. The highest BCUT2D eigenvalue weighted by Gasteiger charge is 2.30. The highest BCUT2D eigenvalue weighted by molar-refractivity contribution is 9.10. The number of aliphatic imine (C=N–C) groups is 1. The zero-order chi connectivity index (χ0) is 21.7. The van der Waals surface area contributed by atoms with Gasteiger partial charge in [-0.1, -0.05) is 27.9 Å². The van der Waals surface area contributed by atoms with Gasteiger partial charge in [0.05, 0.1) is 11.4 Å². The second-order valence-corrected chi connectivity index (χ2v) is 8.94. The standard InChI is InChI=1S/C22H28BrN5OS/c1-26-22(29)21(27-16-8-6-15(23)7-9-16)18-12-17(14-4-5-14)20(13-19(18)25)28(30-2)11-3-10-24/h6-9,12-14H,3-5,10-11,24-25H2,1-2H3,(H,26,29). The predicted octanol–water partition coefficient (Wildman–Crippen LogP) is 4.21. The quantitative estimate of drug-likeness (QED) is 0.278. The van der Waals surface area contributed by atoms with Crippen LogP contribution in [0.15, 0.2) is 45.9 Å². The Morgan fingerprint density at radius 1 is 1.30 bits per heavy atom. The predicted molar refractivity (Wildman–Crippen MR) is 132 cm³/mol. The van der Waals surface area contributed by atoms with E-state index in [0.29, 0.717) is 35.1 Å². The van der Waals surface area contributed by atoms with Crippen LogP contribution < -0.4 is 21.1 Å². The van der Waals surface area contributed by atoms with Gasteiger partial charge in [0.15, 0.2) is 0 Å². The first-order chi connectivity index (χ1) is 14.5. The molecule has 1 fully saturated rings. The van der Waals surface area contributed by atoms with Gasteiger partial charge in [0.1, 0.15) is 5.71 Å². The molecule has 8 heteroatoms. The Kier molecular flexibility index (Phi) is 7.80. The van der Waals surface area contributed by atoms with E-state index in [2.05, 4.69) is 42.9 Å². The smallest absolute Gasteiger partial charge is 0.270 e. The Balaban J connectivity index is 2.09. The molecule has 1 aliphatic rings. The molecule has 6 nitrogen and oxygen atoms in total. The van der Waals surface area contributed by atoms with Crippen LogP contribution in [-0.2, 0) is 4.79 Å². The van der Waals surface area contributed by atoms with Crippen molar-refractivity contribution in [3.8, 4) is 0 Å². The van der Waals surface area contributed by atoms with E-state index in [1.54, 1.807) is 19.0 Å². The molecule has 0 unspecified atom stereocenters. The lowest BCUT2D eigenvalue weighted by Gasteiger charge is -2.26. The number of nitrogens with two attached hydrogens (primary N) is 2. The molecule has 0 radical (unpaired) electrons. The molecule has 1 saturated carbocycles. The Bertz CT molecular complexity index is 928. The average Bonchev–Trinajstić information content (AvgIpc) is 3.59. The van der Waals surface area contributed by atoms with Crippen LogP contribution in [0.2, 0.25) is 0 Å². The lowest BCUT2D eigenvalue weighted by Crippen LogP contribution is -2.29. The van der Waals surface area contributed by atoms with E-state index < -0.39 is 0 Å². The molecule has 0 saturated heterocycles. The second-order valence-electron chi connectivity index (χ2n) is 7.22. The van der Waals surface area contributed by atoms with Gasteiger partial charge in [-0.15, -0.1) is 0 Å². The second kappa shape index (κ2) is 10.3. The molecule has 0 atom stereocenters. The summed E-state index contributed by atoms with van der Waals surface area (Å²) in [6.07, 6.45) is 5.26. The number of carbonyl (C=O) groups excluding carboxylic acids is 1. The Morgan fingerprint density at radius 3 is 2.57 bits per heavy atom. The van der Waals surface area contributed by atoms with Crippen molar-refractivity contribution in [1.29, 1.82) is 0 Å². The maximum absolute atomic E-state index is 12.7. The summed E-state index contributed by atoms with van der Waals surface area (Å²) in [6.45, 7) is 1.50. The van der Waals surface area contributed by atoms with Crippen molar-refractivity contribution in [1.82, 2.24) is 5.32 Å². The highest BCUT2D eigenvalue weighted by Crippen LogP contribution is 2.47. The summed E-state index contributed by atoms with van der Waals surface area (Å²) >= 11 is 5.10. The molecule has 2 aromatic rings. The number of hydrogen-bond donors (Lipinski definition) is 3. The van der Waals surface area contributed by atoms with Gasteiger partial charge in [-0.25, -0.2) is 4.99 Å². The van der Waals surface area contributed by atoms with Gasteiger partial charge in [-0.05, 0) is 73.7 Å². The van der Waals surface area contributed by atoms with Gasteiger partial charge in [0, 0.05) is 35.6 Å². The summed E-state index contributed by atoms with van der Waals surface area (Å²) in [4.78, 5) is 17.3. The number of likely N-dealkylation sites (N-methyl/N-ethyl adjacent to an activating group) is 1. The number of rotatable bonds is 9. The van der Waals surface area contributed by atoms with Gasteiger partial charge in [0.2, 0.25) is 0 Å². The van der Waals surface area contributed by atoms with E-state index >= 15 is 0 Å². The summed E-state index contributed by atoms with van der Waals surface area (Å²) in [7, 11) is 1.61. The molecule has 0 heterocycles. The highest BCUT2D eigenvalue weighted by atomic mass is 79.9. The molecular formula is C22H28BrN5OS. The molecule has 0 bridgehead atoms. The number of halogens is 1. The van der Waals surface area contributed by atoms with Crippen LogP contribution >= 0.6 is 27.9 Å². The van der Waals surface area contributed by atoms with E-state index in [1.165, 1.54) is 5.56 Å². The SMILES string of the molecule is CNC(=O)C(=Nc1ccc(Br)cc1)c1cc(C2CC2)c(N(CCCN)SC)cc1N. The Hall–Kier alpha value is -2.03. The van der Waals surface area contributed by atoms with Crippen molar-refractivity contribution in [3.63, 3.8) is 0 Å². The van der Waals surface area contributed by atoms with Crippen LogP contribution in [0.1, 0.15) is 36.3 Å². The Labute approximate surface area is 190 Å². The summed E-state index contributed by atoms with van der Waals surface area (Å²) in [6, 6.07) is 11.6. The maximum Gasteiger partial charge on any atom is 0.270 e. The van der Waals surface area contributed by atoms with Gasteiger partial charge in [-0.3, -0.25) is 4.79 Å². The molecular weight excluding hydrogens is 462 g/mol. The summed E-state index contributed by atoms with van der Waals surface area (Å²) in [5, 5.41) is 2.70. The maximum atomic E-state index is 12.7. The minimum absolute atomic E-state index is 0.260. The molecule has 0 aromatic heterocycles. The van der Waals surface area contributed by atoms with Gasteiger partial charge in [0.25, 0.3) is 5.91 Å². The fraction of sp³-hybridized carbons (Fsp3) is 0.364. The van der Waals surface area contributed by atoms with Gasteiger partial charge in [-0.2, -0.15) is 0 Å². The van der Waals surface area contributed by atoms with Gasteiger partial charge >= 0.3 is 0 Å². The number of anilines is 2. The summed E-state index contributed by atoms with van der Waals surface area (Å²) in [5.41, 5.74) is 16.8. The molecule has 30 heavy (non-hydrogen) atoms. The number of hydrogen-bond acceptors (Lipinski definition) is 6. The first-order valence-corrected chi connectivity index (χ1v) is 12.0. The fourth-order valence-electron chi connectivity index (χ4n) is 3.30. The van der Waals surface area contributed by atoms with Crippen LogP contribution in [-0.4, -0.2) is 38.0 Å². The molecule has 1 amide bonds. The average molecular weight is 490 g/mol. The largest absolute Gasteiger partial charge is 0.398 e. The molecule has 0 spiro atoms. The lowest BCUT2D eigenvalue weighted by atomic mass is 9.98. The summed E-state index contributed by atoms with van der Waals surface area (Å²) in [5.74, 6) is 0.231. The zero-order valence-electron chi connectivity index (χ0n) is 17.3. The van der Waals surface area contributed by atoms with Crippen molar-refractivity contribution in [2.45, 2.75) is 25.2 Å². The third-order valence-corrected chi connectivity index (χ3v) is 6.38. The van der Waals surface area contributed by atoms with Crippen LogP contribution in [0, 0.1) is 0 Å². The van der Waals surface area contributed by atoms with Crippen LogP contribution in [0.5, 0.6) is 0 Å². The summed E-state index contributed by atoms with van der Waals surface area (Å²) < 4.78 is 3.20. The monoisotopic (exact) mass is 489 g/mol. The van der Waals surface area contributed by atoms with E-state index in [-0.39, 0.29) is 5.91 Å². The number of amides is 1. The van der Waals surface area contributed by atoms with Crippen LogP contribution in [0.3, 0.4) is 0 Å². The van der Waals surface area contributed by atoms with E-state index in [9.17, 15) is 4.79 Å². The van der Waals surface area contributed by atoms with Gasteiger partial charge < -0.3 is 21.1 Å². The fourth-order valence-corrected chi connectivity index (χ4v) is 4.24. The molecule has 160 valence electrons. The minimum Gasteiger partial charge on any atom is -0.398 e. The van der Waals surface area contributed by atoms with E-state index in [0.717, 1.165) is 36.0 Å². The van der Waals surface area contributed by atoms with E-state index in [4.69, 9.17) is 11.5 Å². The molecule has 5 N–H and O–H groups in total. The molecule has 2 aromatic carbocycles. The number of nitrogen functional groups attached to an aromatic ring is 1. The van der Waals surface area contributed by atoms with E-state index in [1.807, 2.05) is 30.3 Å². The van der Waals surface area contributed by atoms with Crippen molar-refractivity contribution in [3.05, 3.63) is 52.0 Å². The topological polar surface area (TPSA) is 96.7 Å². The first-order valence-electron chi connectivity index (χ1n) is 10.00. The van der Waals surface area contributed by atoms with Crippen LogP contribution in [0.4, 0.5) is 17.1 Å². The normalized spacial score (nSPS) is 13.9. The van der Waals surface area contributed by atoms with Crippen molar-refractivity contribution in [2.24, 2.45) is 10.7 Å². The number of nitrogens with zero attached hydrogens (tertiary/aromatic N) is 2. The zero-order valence-corrected chi connectivity index (χ0v) is 19.7. The number of nitrogens with one attached hydrogen (secondary N) is 1. The molecule has 1 aliphatic carbocycles. The number of carbonyl (C=O) groups is 1. The van der Waals surface area contributed by atoms with Crippen LogP contribution in [0.25, 0.3) is 0 Å².